The average molecular weight is 594 g/mol. The lowest BCUT2D eigenvalue weighted by molar-refractivity contribution is 0.133. The molecule has 0 amide bonds. The summed E-state index contributed by atoms with van der Waals surface area (Å²) in [6.07, 6.45) is 7.85. The molecule has 5 nitrogen and oxygen atoms in total. The van der Waals surface area contributed by atoms with Crippen molar-refractivity contribution in [3.05, 3.63) is 82.4 Å². The molecule has 0 aliphatic rings. The van der Waals surface area contributed by atoms with Crippen molar-refractivity contribution in [3.8, 4) is 39.9 Å². The van der Waals surface area contributed by atoms with E-state index in [-0.39, 0.29) is 0 Å². The number of aromatic nitrogens is 3. The molecule has 0 spiro atoms. The minimum Gasteiger partial charge on any atom is -0.493 e. The van der Waals surface area contributed by atoms with E-state index in [4.69, 9.17) is 24.4 Å². The van der Waals surface area contributed by atoms with Crippen LogP contribution in [0.1, 0.15) is 87.1 Å². The van der Waals surface area contributed by atoms with Crippen molar-refractivity contribution in [3.63, 3.8) is 0 Å². The molecule has 0 aliphatic carbocycles. The van der Waals surface area contributed by atoms with E-state index in [9.17, 15) is 0 Å². The molecular formula is C39H51N3O2. The zero-order valence-corrected chi connectivity index (χ0v) is 28.0. The zero-order chi connectivity index (χ0) is 31.5. The first-order valence-corrected chi connectivity index (χ1v) is 16.5. The maximum absolute atomic E-state index is 6.48. The van der Waals surface area contributed by atoms with Gasteiger partial charge in [0.25, 0.3) is 0 Å². The number of nitrogens with zero attached hydrogens (tertiary/aromatic N) is 3. The van der Waals surface area contributed by atoms with Crippen molar-refractivity contribution in [2.75, 3.05) is 19.8 Å². The second-order valence-corrected chi connectivity index (χ2v) is 12.6. The Morgan fingerprint density at radius 1 is 0.614 bits per heavy atom. The third-order valence-electron chi connectivity index (χ3n) is 8.03. The Hall–Kier alpha value is -3.57. The van der Waals surface area contributed by atoms with Gasteiger partial charge < -0.3 is 9.47 Å². The van der Waals surface area contributed by atoms with Crippen LogP contribution in [0, 0.1) is 33.6 Å². The lowest BCUT2D eigenvalue weighted by atomic mass is 10.0. The van der Waals surface area contributed by atoms with Crippen LogP contribution in [0.15, 0.2) is 54.6 Å². The Balaban J connectivity index is 1.72. The van der Waals surface area contributed by atoms with Crippen molar-refractivity contribution in [2.45, 2.75) is 93.4 Å². The van der Waals surface area contributed by atoms with E-state index in [1.165, 1.54) is 36.0 Å². The predicted molar refractivity (Wildman–Crippen MR) is 183 cm³/mol. The van der Waals surface area contributed by atoms with Gasteiger partial charge in [-0.2, -0.15) is 0 Å². The maximum Gasteiger partial charge on any atom is 0.167 e. The van der Waals surface area contributed by atoms with E-state index < -0.39 is 0 Å². The lowest BCUT2D eigenvalue weighted by Crippen LogP contribution is -2.06. The van der Waals surface area contributed by atoms with E-state index in [1.54, 1.807) is 0 Å². The van der Waals surface area contributed by atoms with Crippen molar-refractivity contribution < 1.29 is 9.47 Å². The molecule has 0 saturated carbocycles. The molecule has 0 N–H and O–H groups in total. The van der Waals surface area contributed by atoms with E-state index in [1.807, 2.05) is 0 Å². The molecule has 0 unspecified atom stereocenters. The third-order valence-corrected chi connectivity index (χ3v) is 8.03. The highest BCUT2D eigenvalue weighted by Crippen LogP contribution is 2.33. The predicted octanol–water partition coefficient (Wildman–Crippen LogP) is 10.1. The summed E-state index contributed by atoms with van der Waals surface area (Å²) >= 11 is 0. The smallest absolute Gasteiger partial charge is 0.167 e. The van der Waals surface area contributed by atoms with Gasteiger partial charge >= 0.3 is 0 Å². The number of hydrogen-bond acceptors (Lipinski definition) is 5. The molecule has 0 saturated heterocycles. The Bertz CT molecular complexity index is 1440. The average Bonchev–Trinajstić information content (AvgIpc) is 2.98. The summed E-state index contributed by atoms with van der Waals surface area (Å²) in [5.41, 5.74) is 8.82. The fourth-order valence-corrected chi connectivity index (χ4v) is 5.49. The van der Waals surface area contributed by atoms with Gasteiger partial charge in [-0.1, -0.05) is 93.6 Å². The summed E-state index contributed by atoms with van der Waals surface area (Å²) in [5, 5.41) is 0. The highest BCUT2D eigenvalue weighted by molar-refractivity contribution is 5.72. The molecule has 1 heterocycles. The molecule has 4 aromatic rings. The molecule has 0 bridgehead atoms. The van der Waals surface area contributed by atoms with Gasteiger partial charge in [0.05, 0.1) is 18.8 Å². The van der Waals surface area contributed by atoms with Crippen LogP contribution in [0.3, 0.4) is 0 Å². The molecule has 3 aromatic carbocycles. The largest absolute Gasteiger partial charge is 0.493 e. The molecular weight excluding hydrogens is 542 g/mol. The molecule has 0 atom stereocenters. The Morgan fingerprint density at radius 2 is 1.20 bits per heavy atom. The fourth-order valence-electron chi connectivity index (χ4n) is 5.49. The Kier molecular flexibility index (Phi) is 12.5. The molecule has 0 aliphatic heterocycles. The van der Waals surface area contributed by atoms with Crippen molar-refractivity contribution in [1.82, 2.24) is 15.0 Å². The third kappa shape index (κ3) is 9.46. The van der Waals surface area contributed by atoms with Crippen LogP contribution in [-0.4, -0.2) is 34.8 Å². The molecule has 4 rings (SSSR count). The summed E-state index contributed by atoms with van der Waals surface area (Å²) < 4.78 is 12.4. The summed E-state index contributed by atoms with van der Waals surface area (Å²) in [6.45, 7) is 17.4. The second kappa shape index (κ2) is 16.5. The van der Waals surface area contributed by atoms with Crippen LogP contribution < -0.4 is 4.74 Å². The van der Waals surface area contributed by atoms with Crippen LogP contribution in [0.25, 0.3) is 34.2 Å². The summed E-state index contributed by atoms with van der Waals surface area (Å²) in [7, 11) is 0. The van der Waals surface area contributed by atoms with Crippen molar-refractivity contribution in [2.24, 2.45) is 5.92 Å². The molecule has 1 aromatic heterocycles. The maximum atomic E-state index is 6.48. The van der Waals surface area contributed by atoms with Crippen LogP contribution in [-0.2, 0) is 11.2 Å². The van der Waals surface area contributed by atoms with Crippen molar-refractivity contribution >= 4 is 0 Å². The van der Waals surface area contributed by atoms with Gasteiger partial charge in [0.1, 0.15) is 5.75 Å². The van der Waals surface area contributed by atoms with Gasteiger partial charge in [-0.3, -0.25) is 0 Å². The standard InChI is InChI=1S/C39H51N3O2/c1-8-9-10-11-21-43-23-20-32-16-19-35(36(26-32)44-22-12-13-27(2)3)39-41-37(33-17-14-28(4)24-30(33)6)40-38(42-39)34-18-15-29(5)25-31(34)7/h14-19,24-27H,8-13,20-23H2,1-7H3. The van der Waals surface area contributed by atoms with Crippen LogP contribution in [0.5, 0.6) is 5.75 Å². The van der Waals surface area contributed by atoms with Crippen molar-refractivity contribution in [1.29, 1.82) is 0 Å². The van der Waals surface area contributed by atoms with E-state index in [0.717, 1.165) is 65.9 Å². The Labute approximate surface area is 265 Å². The van der Waals surface area contributed by atoms with Gasteiger partial charge in [0.2, 0.25) is 0 Å². The zero-order valence-electron chi connectivity index (χ0n) is 28.0. The van der Waals surface area contributed by atoms with Gasteiger partial charge in [0, 0.05) is 17.7 Å². The minimum absolute atomic E-state index is 0.627. The number of aryl methyl sites for hydroxylation is 4. The number of rotatable bonds is 16. The van der Waals surface area contributed by atoms with E-state index in [2.05, 4.69) is 103 Å². The topological polar surface area (TPSA) is 57.1 Å². The number of hydrogen-bond donors (Lipinski definition) is 0. The van der Waals surface area contributed by atoms with Crippen LogP contribution in [0.2, 0.25) is 0 Å². The summed E-state index contributed by atoms with van der Waals surface area (Å²) in [4.78, 5) is 15.2. The number of benzene rings is 3. The van der Waals surface area contributed by atoms with E-state index in [0.29, 0.717) is 36.6 Å². The first-order valence-electron chi connectivity index (χ1n) is 16.5. The molecule has 0 fully saturated rings. The molecule has 5 heteroatoms. The normalized spacial score (nSPS) is 11.4. The van der Waals surface area contributed by atoms with Crippen LogP contribution >= 0.6 is 0 Å². The molecule has 0 radical (unpaired) electrons. The van der Waals surface area contributed by atoms with E-state index >= 15 is 0 Å². The fraction of sp³-hybridized carbons (Fsp3) is 0.462. The minimum atomic E-state index is 0.627. The molecule has 44 heavy (non-hydrogen) atoms. The first-order chi connectivity index (χ1) is 21.2. The Morgan fingerprint density at radius 3 is 1.77 bits per heavy atom. The summed E-state index contributed by atoms with van der Waals surface area (Å²) in [6, 6.07) is 19.3. The second-order valence-electron chi connectivity index (χ2n) is 12.6. The SMILES string of the molecule is CCCCCCOCCc1ccc(-c2nc(-c3ccc(C)cc3C)nc(-c3ccc(C)cc3C)n2)c(OCCCC(C)C)c1. The van der Waals surface area contributed by atoms with Crippen LogP contribution in [0.4, 0.5) is 0 Å². The number of unbranched alkanes of at least 4 members (excludes halogenated alkanes) is 3. The van der Waals surface area contributed by atoms with Gasteiger partial charge in [-0.15, -0.1) is 0 Å². The molecule has 234 valence electrons. The monoisotopic (exact) mass is 593 g/mol. The highest BCUT2D eigenvalue weighted by Gasteiger charge is 2.18. The quantitative estimate of drug-likeness (QED) is 0.121. The van der Waals surface area contributed by atoms with Gasteiger partial charge in [0.15, 0.2) is 17.5 Å². The van der Waals surface area contributed by atoms with Gasteiger partial charge in [-0.25, -0.2) is 15.0 Å². The van der Waals surface area contributed by atoms with Gasteiger partial charge in [-0.05, 0) is 88.1 Å². The summed E-state index contributed by atoms with van der Waals surface area (Å²) in [5.74, 6) is 3.44. The lowest BCUT2D eigenvalue weighted by Gasteiger charge is -2.16. The number of ether oxygens (including phenoxy) is 2. The first kappa shape index (κ1) is 33.3. The highest BCUT2D eigenvalue weighted by atomic mass is 16.5.